The number of halogens is 1. The molecule has 0 radical (unpaired) electrons. The van der Waals surface area contributed by atoms with Gasteiger partial charge in [0.05, 0.1) is 12.7 Å². The van der Waals surface area contributed by atoms with E-state index in [-0.39, 0.29) is 5.75 Å². The summed E-state index contributed by atoms with van der Waals surface area (Å²) in [7, 11) is 1.61. The van der Waals surface area contributed by atoms with Crippen LogP contribution in [0, 0.1) is 5.82 Å². The van der Waals surface area contributed by atoms with Crippen molar-refractivity contribution in [3.8, 4) is 11.5 Å². The summed E-state index contributed by atoms with van der Waals surface area (Å²) >= 11 is 0. The van der Waals surface area contributed by atoms with Crippen LogP contribution in [-0.4, -0.2) is 12.2 Å². The Morgan fingerprint density at radius 3 is 2.65 bits per heavy atom. The fraction of sp³-hybridized carbons (Fsp3) is 0.250. The first-order chi connectivity index (χ1) is 9.61. The van der Waals surface area contributed by atoms with E-state index in [1.807, 2.05) is 12.1 Å². The summed E-state index contributed by atoms with van der Waals surface area (Å²) < 4.78 is 24.5. The molecule has 2 aromatic carbocycles. The molecule has 2 aromatic rings. The van der Waals surface area contributed by atoms with Crippen molar-refractivity contribution in [2.24, 2.45) is 0 Å². The van der Waals surface area contributed by atoms with Gasteiger partial charge in [-0.05, 0) is 30.7 Å². The van der Waals surface area contributed by atoms with Crippen LogP contribution >= 0.6 is 0 Å². The Labute approximate surface area is 117 Å². The molecule has 0 aliphatic rings. The Hall–Kier alpha value is -1.91. The fourth-order valence-electron chi connectivity index (χ4n) is 1.95. The number of hydrogen-bond acceptors (Lipinski definition) is 3. The first kappa shape index (κ1) is 14.5. The van der Waals surface area contributed by atoms with Crippen molar-refractivity contribution in [1.82, 2.24) is 0 Å². The fourth-order valence-corrected chi connectivity index (χ4v) is 1.95. The van der Waals surface area contributed by atoms with Gasteiger partial charge < -0.3 is 14.6 Å². The predicted molar refractivity (Wildman–Crippen MR) is 74.3 cm³/mol. The monoisotopic (exact) mass is 276 g/mol. The Morgan fingerprint density at radius 2 is 1.95 bits per heavy atom. The summed E-state index contributed by atoms with van der Waals surface area (Å²) in [6.45, 7) is 2.03. The van der Waals surface area contributed by atoms with Gasteiger partial charge >= 0.3 is 0 Å². The molecule has 0 aliphatic heterocycles. The second-order valence-corrected chi connectivity index (χ2v) is 4.52. The van der Waals surface area contributed by atoms with Gasteiger partial charge in [-0.3, -0.25) is 0 Å². The number of aliphatic hydroxyl groups excluding tert-OH is 1. The molecule has 1 atom stereocenters. The Bertz CT molecular complexity index is 582. The summed E-state index contributed by atoms with van der Waals surface area (Å²) in [4.78, 5) is 0. The van der Waals surface area contributed by atoms with Gasteiger partial charge in [-0.1, -0.05) is 24.3 Å². The molecule has 0 saturated heterocycles. The predicted octanol–water partition coefficient (Wildman–Crippen LogP) is 3.82. The molecule has 0 aromatic heterocycles. The lowest BCUT2D eigenvalue weighted by molar-refractivity contribution is 0.184. The molecule has 20 heavy (non-hydrogen) atoms. The highest BCUT2D eigenvalue weighted by Gasteiger charge is 2.14. The number of ether oxygens (including phenoxy) is 2. The van der Waals surface area contributed by atoms with Crippen LogP contribution in [0.1, 0.15) is 24.2 Å². The topological polar surface area (TPSA) is 38.7 Å². The molecule has 0 saturated carbocycles. The van der Waals surface area contributed by atoms with Gasteiger partial charge in [0.1, 0.15) is 5.75 Å². The maximum atomic E-state index is 13.9. The summed E-state index contributed by atoms with van der Waals surface area (Å²) in [6, 6.07) is 11.7. The number of hydrogen-bond donors (Lipinski definition) is 1. The molecule has 0 amide bonds. The third-order valence-electron chi connectivity index (χ3n) is 2.88. The van der Waals surface area contributed by atoms with Crippen LogP contribution in [0.4, 0.5) is 4.39 Å². The zero-order valence-corrected chi connectivity index (χ0v) is 11.5. The van der Waals surface area contributed by atoms with Crippen molar-refractivity contribution >= 4 is 0 Å². The molecular weight excluding hydrogens is 259 g/mol. The molecule has 1 N–H and O–H groups in total. The van der Waals surface area contributed by atoms with Gasteiger partial charge in [0, 0.05) is 12.7 Å². The first-order valence-electron chi connectivity index (χ1n) is 6.34. The van der Waals surface area contributed by atoms with E-state index in [1.54, 1.807) is 38.3 Å². The lowest BCUT2D eigenvalue weighted by atomic mass is 10.1. The molecule has 0 fully saturated rings. The van der Waals surface area contributed by atoms with Crippen LogP contribution < -0.4 is 4.74 Å². The number of methoxy groups -OCH3 is 1. The van der Waals surface area contributed by atoms with Crippen molar-refractivity contribution in [1.29, 1.82) is 0 Å². The molecule has 0 bridgehead atoms. The number of para-hydroxylation sites is 1. The third-order valence-corrected chi connectivity index (χ3v) is 2.88. The van der Waals surface area contributed by atoms with E-state index in [9.17, 15) is 9.50 Å². The van der Waals surface area contributed by atoms with Crippen LogP contribution in [0.2, 0.25) is 0 Å². The quantitative estimate of drug-likeness (QED) is 0.902. The summed E-state index contributed by atoms with van der Waals surface area (Å²) in [6.07, 6.45) is -0.803. The van der Waals surface area contributed by atoms with E-state index in [4.69, 9.17) is 9.47 Å². The van der Waals surface area contributed by atoms with Gasteiger partial charge in [0.15, 0.2) is 11.6 Å². The average Bonchev–Trinajstić information content (AvgIpc) is 2.41. The Kier molecular flexibility index (Phi) is 4.71. The molecular formula is C16H17FO3. The van der Waals surface area contributed by atoms with Crippen LogP contribution in [0.25, 0.3) is 0 Å². The largest absolute Gasteiger partial charge is 0.454 e. The highest BCUT2D eigenvalue weighted by atomic mass is 19.1. The van der Waals surface area contributed by atoms with Gasteiger partial charge in [-0.15, -0.1) is 0 Å². The van der Waals surface area contributed by atoms with E-state index < -0.39 is 11.9 Å². The van der Waals surface area contributed by atoms with E-state index in [1.165, 1.54) is 6.07 Å². The minimum absolute atomic E-state index is 0.0528. The summed E-state index contributed by atoms with van der Waals surface area (Å²) in [5.41, 5.74) is 1.35. The smallest absolute Gasteiger partial charge is 0.168 e. The molecule has 3 nitrogen and oxygen atoms in total. The summed E-state index contributed by atoms with van der Waals surface area (Å²) in [5.74, 6) is 0.0594. The molecule has 0 heterocycles. The molecule has 106 valence electrons. The average molecular weight is 276 g/mol. The van der Waals surface area contributed by atoms with Crippen LogP contribution in [0.15, 0.2) is 42.5 Å². The summed E-state index contributed by atoms with van der Waals surface area (Å²) in [5, 5.41) is 9.68. The molecule has 0 unspecified atom stereocenters. The van der Waals surface area contributed by atoms with E-state index in [2.05, 4.69) is 0 Å². The third kappa shape index (κ3) is 3.35. The molecule has 0 spiro atoms. The standard InChI is InChI=1S/C16H17FO3/c1-11(18)14-7-4-8-15(17)16(14)20-13-6-3-5-12(9-13)10-19-2/h3-9,11,18H,10H2,1-2H3/t11-/m1/s1. The lowest BCUT2D eigenvalue weighted by Gasteiger charge is -2.14. The maximum absolute atomic E-state index is 13.9. The number of benzene rings is 2. The number of rotatable bonds is 5. The van der Waals surface area contributed by atoms with Crippen LogP contribution in [-0.2, 0) is 11.3 Å². The SMILES string of the molecule is COCc1cccc(Oc2c(F)cccc2[C@@H](C)O)c1. The van der Waals surface area contributed by atoms with Crippen LogP contribution in [0.5, 0.6) is 11.5 Å². The Morgan fingerprint density at radius 1 is 1.20 bits per heavy atom. The molecule has 0 aliphatic carbocycles. The normalized spacial score (nSPS) is 12.2. The molecule has 2 rings (SSSR count). The van der Waals surface area contributed by atoms with Gasteiger partial charge in [-0.2, -0.15) is 0 Å². The lowest BCUT2D eigenvalue weighted by Crippen LogP contribution is -1.99. The molecule has 4 heteroatoms. The van der Waals surface area contributed by atoms with Crippen molar-refractivity contribution in [3.05, 3.63) is 59.4 Å². The highest BCUT2D eigenvalue weighted by molar-refractivity contribution is 5.41. The van der Waals surface area contributed by atoms with Gasteiger partial charge in [0.25, 0.3) is 0 Å². The second-order valence-electron chi connectivity index (χ2n) is 4.52. The highest BCUT2D eigenvalue weighted by Crippen LogP contribution is 2.32. The first-order valence-corrected chi connectivity index (χ1v) is 6.34. The van der Waals surface area contributed by atoms with Crippen molar-refractivity contribution < 1.29 is 19.0 Å². The van der Waals surface area contributed by atoms with Crippen molar-refractivity contribution in [2.45, 2.75) is 19.6 Å². The van der Waals surface area contributed by atoms with E-state index >= 15 is 0 Å². The Balaban J connectivity index is 2.32. The number of aliphatic hydroxyl groups is 1. The van der Waals surface area contributed by atoms with Crippen LogP contribution in [0.3, 0.4) is 0 Å². The van der Waals surface area contributed by atoms with Crippen molar-refractivity contribution in [3.63, 3.8) is 0 Å². The van der Waals surface area contributed by atoms with Crippen molar-refractivity contribution in [2.75, 3.05) is 7.11 Å². The maximum Gasteiger partial charge on any atom is 0.168 e. The second kappa shape index (κ2) is 6.50. The van der Waals surface area contributed by atoms with E-state index in [0.29, 0.717) is 17.9 Å². The van der Waals surface area contributed by atoms with E-state index in [0.717, 1.165) is 5.56 Å². The van der Waals surface area contributed by atoms with Gasteiger partial charge in [-0.25, -0.2) is 4.39 Å². The van der Waals surface area contributed by atoms with Gasteiger partial charge in [0.2, 0.25) is 0 Å². The minimum atomic E-state index is -0.803. The zero-order chi connectivity index (χ0) is 14.5. The minimum Gasteiger partial charge on any atom is -0.454 e. The zero-order valence-electron chi connectivity index (χ0n) is 11.5.